The molecule has 0 aliphatic carbocycles. The Morgan fingerprint density at radius 2 is 1.85 bits per heavy atom. The topological polar surface area (TPSA) is 81.8 Å². The molecule has 7 nitrogen and oxygen atoms in total. The lowest BCUT2D eigenvalue weighted by molar-refractivity contribution is 0.151. The summed E-state index contributed by atoms with van der Waals surface area (Å²) in [5, 5.41) is 11.6. The number of aromatic nitrogens is 4. The summed E-state index contributed by atoms with van der Waals surface area (Å²) in [5.41, 5.74) is -0.760. The lowest BCUT2D eigenvalue weighted by Crippen LogP contribution is -2.37. The van der Waals surface area contributed by atoms with Crippen molar-refractivity contribution in [3.05, 3.63) is 59.6 Å². The van der Waals surface area contributed by atoms with Crippen LogP contribution in [0.2, 0.25) is 0 Å². The second kappa shape index (κ2) is 6.83. The van der Waals surface area contributed by atoms with Gasteiger partial charge < -0.3 is 5.32 Å². The molecule has 172 valence electrons. The predicted octanol–water partition coefficient (Wildman–Crippen LogP) is 4.74. The Labute approximate surface area is 187 Å². The zero-order chi connectivity index (χ0) is 23.9. The molecule has 1 aliphatic rings. The zero-order valence-electron chi connectivity index (χ0n) is 18.2. The normalized spacial score (nSPS) is 14.9. The zero-order valence-corrected chi connectivity index (χ0v) is 19.0. The molecule has 5 rings (SSSR count). The molecule has 2 aromatic heterocycles. The molecule has 11 heteroatoms. The summed E-state index contributed by atoms with van der Waals surface area (Å²) in [6.45, 7) is 5.15. The molecule has 0 atom stereocenters. The number of rotatable bonds is 3. The summed E-state index contributed by atoms with van der Waals surface area (Å²) >= 11 is 0. The molecule has 1 aliphatic heterocycles. The highest BCUT2D eigenvalue weighted by Gasteiger charge is 2.39. The average molecular weight is 475 g/mol. The van der Waals surface area contributed by atoms with Crippen LogP contribution in [0.5, 0.6) is 0 Å². The summed E-state index contributed by atoms with van der Waals surface area (Å²) in [7, 11) is -3.62. The van der Waals surface area contributed by atoms with Crippen LogP contribution >= 0.6 is 0 Å². The smallest absolute Gasteiger partial charge is 0.266 e. The van der Waals surface area contributed by atoms with Crippen LogP contribution in [-0.2, 0) is 15.6 Å². The van der Waals surface area contributed by atoms with E-state index < -0.39 is 33.4 Å². The largest absolute Gasteiger partial charge is 0.369 e. The molecule has 0 bridgehead atoms. The molecule has 0 spiro atoms. The fourth-order valence-electron chi connectivity index (χ4n) is 4.52. The molecular formula is C22H20F3N5O2S. The summed E-state index contributed by atoms with van der Waals surface area (Å²) in [6, 6.07) is 7.30. The van der Waals surface area contributed by atoms with Crippen LogP contribution in [0.3, 0.4) is 0 Å². The number of nitrogens with zero attached hydrogens (tertiary/aromatic N) is 4. The highest BCUT2D eigenvalue weighted by molar-refractivity contribution is 7.89. The molecule has 0 saturated carbocycles. The molecule has 0 radical (unpaired) electrons. The highest BCUT2D eigenvalue weighted by Crippen LogP contribution is 2.47. The third kappa shape index (κ3) is 3.05. The van der Waals surface area contributed by atoms with Crippen LogP contribution in [0.1, 0.15) is 37.5 Å². The quantitative estimate of drug-likeness (QED) is 0.463. The van der Waals surface area contributed by atoms with E-state index in [0.717, 1.165) is 16.3 Å². The van der Waals surface area contributed by atoms with Crippen molar-refractivity contribution in [2.75, 3.05) is 11.6 Å². The van der Waals surface area contributed by atoms with Gasteiger partial charge in [-0.25, -0.2) is 25.6 Å². The van der Waals surface area contributed by atoms with Gasteiger partial charge in [-0.05, 0) is 50.1 Å². The average Bonchev–Trinajstić information content (AvgIpc) is 3.32. The Balaban J connectivity index is 1.90. The Morgan fingerprint density at radius 1 is 1.12 bits per heavy atom. The van der Waals surface area contributed by atoms with Crippen molar-refractivity contribution in [3.63, 3.8) is 0 Å². The van der Waals surface area contributed by atoms with Gasteiger partial charge in [0, 0.05) is 11.6 Å². The number of hydrogen-bond donors (Lipinski definition) is 1. The van der Waals surface area contributed by atoms with Crippen molar-refractivity contribution in [2.45, 2.75) is 32.7 Å². The van der Waals surface area contributed by atoms with Crippen LogP contribution in [0.25, 0.3) is 27.7 Å². The van der Waals surface area contributed by atoms with E-state index in [4.69, 9.17) is 0 Å². The van der Waals surface area contributed by atoms with E-state index in [9.17, 15) is 17.2 Å². The lowest BCUT2D eigenvalue weighted by Gasteiger charge is -2.35. The predicted molar refractivity (Wildman–Crippen MR) is 119 cm³/mol. The van der Waals surface area contributed by atoms with Crippen LogP contribution in [0.4, 0.5) is 18.9 Å². The number of aryl methyl sites for hydroxylation is 1. The molecule has 0 saturated heterocycles. The minimum Gasteiger partial charge on any atom is -0.369 e. The fraction of sp³-hybridized carbons (Fsp3) is 0.273. The molecule has 0 amide bonds. The summed E-state index contributed by atoms with van der Waals surface area (Å²) in [6.07, 6.45) is -0.558. The van der Waals surface area contributed by atoms with Gasteiger partial charge >= 0.3 is 0 Å². The van der Waals surface area contributed by atoms with Gasteiger partial charge in [-0.3, -0.25) is 4.57 Å². The maximum Gasteiger partial charge on any atom is 0.266 e. The minimum absolute atomic E-state index is 0.0290. The van der Waals surface area contributed by atoms with Crippen molar-refractivity contribution in [3.8, 4) is 16.8 Å². The van der Waals surface area contributed by atoms with Gasteiger partial charge in [-0.15, -0.1) is 10.2 Å². The van der Waals surface area contributed by atoms with E-state index >= 15 is 4.39 Å². The molecule has 33 heavy (non-hydrogen) atoms. The first kappa shape index (κ1) is 21.5. The third-order valence-electron chi connectivity index (χ3n) is 5.90. The van der Waals surface area contributed by atoms with E-state index in [-0.39, 0.29) is 16.9 Å². The van der Waals surface area contributed by atoms with Gasteiger partial charge in [0.15, 0.2) is 5.82 Å². The third-order valence-corrected chi connectivity index (χ3v) is 6.93. The van der Waals surface area contributed by atoms with Gasteiger partial charge in [0.1, 0.15) is 11.6 Å². The maximum absolute atomic E-state index is 15.5. The number of anilines is 1. The van der Waals surface area contributed by atoms with Crippen molar-refractivity contribution in [1.29, 1.82) is 0 Å². The van der Waals surface area contributed by atoms with Crippen LogP contribution in [0, 0.1) is 12.7 Å². The van der Waals surface area contributed by atoms with Gasteiger partial charge in [-0.1, -0.05) is 12.1 Å². The van der Waals surface area contributed by atoms with Gasteiger partial charge in [-0.2, -0.15) is 0 Å². The molecule has 3 heterocycles. The highest BCUT2D eigenvalue weighted by atomic mass is 32.2. The van der Waals surface area contributed by atoms with Gasteiger partial charge in [0.05, 0.1) is 34.2 Å². The molecule has 0 unspecified atom stereocenters. The van der Waals surface area contributed by atoms with Gasteiger partial charge in [0.2, 0.25) is 10.0 Å². The summed E-state index contributed by atoms with van der Waals surface area (Å²) in [4.78, 5) is 0. The Bertz CT molecular complexity index is 1550. The van der Waals surface area contributed by atoms with E-state index in [1.165, 1.54) is 16.8 Å². The van der Waals surface area contributed by atoms with Crippen molar-refractivity contribution < 1.29 is 21.6 Å². The first-order chi connectivity index (χ1) is 15.4. The molecule has 0 fully saturated rings. The van der Waals surface area contributed by atoms with E-state index in [2.05, 4.69) is 15.5 Å². The van der Waals surface area contributed by atoms with Crippen molar-refractivity contribution in [1.82, 2.24) is 18.7 Å². The number of alkyl halides is 2. The Morgan fingerprint density at radius 3 is 2.52 bits per heavy atom. The number of fused-ring (bicyclic) bond motifs is 4. The Hall–Kier alpha value is -3.34. The van der Waals surface area contributed by atoms with Crippen LogP contribution < -0.4 is 5.32 Å². The van der Waals surface area contributed by atoms with Crippen LogP contribution in [-0.4, -0.2) is 33.4 Å². The lowest BCUT2D eigenvalue weighted by atomic mass is 9.91. The molecule has 2 aromatic carbocycles. The number of nitrogens with one attached hydrogen (secondary N) is 1. The Kier molecular flexibility index (Phi) is 4.45. The second-order valence-corrected chi connectivity index (χ2v) is 10.5. The number of benzene rings is 2. The van der Waals surface area contributed by atoms with Crippen molar-refractivity contribution >= 4 is 26.6 Å². The monoisotopic (exact) mass is 475 g/mol. The summed E-state index contributed by atoms with van der Waals surface area (Å²) in [5.74, 6) is 0.0175. The molecular weight excluding hydrogens is 455 g/mol. The van der Waals surface area contributed by atoms with E-state index in [1.54, 1.807) is 39.0 Å². The van der Waals surface area contributed by atoms with Crippen LogP contribution in [0.15, 0.2) is 36.5 Å². The number of hydrogen-bond acceptors (Lipinski definition) is 5. The van der Waals surface area contributed by atoms with Gasteiger partial charge in [0.25, 0.3) is 6.43 Å². The first-order valence-electron chi connectivity index (χ1n) is 10.1. The molecule has 1 N–H and O–H groups in total. The fourth-order valence-corrected chi connectivity index (χ4v) is 5.32. The van der Waals surface area contributed by atoms with Crippen molar-refractivity contribution in [2.24, 2.45) is 0 Å². The minimum atomic E-state index is -3.62. The van der Waals surface area contributed by atoms with E-state index in [0.29, 0.717) is 28.1 Å². The van der Waals surface area contributed by atoms with E-state index in [1.807, 2.05) is 0 Å². The summed E-state index contributed by atoms with van der Waals surface area (Å²) < 4.78 is 71.6. The maximum atomic E-state index is 15.5. The SMILES string of the molecule is Cc1nnc2n1-c1c(c(F)cc(-c3cccc4c3ccn4S(C)(=O)=O)c1C(F)F)NC2(C)C. The first-order valence-corrected chi connectivity index (χ1v) is 11.9. The number of halogens is 3. The standard InChI is InChI=1S/C22H20F3N5O2S/c1-11-27-28-21-22(2,3)26-18-15(23)10-14(17(20(24)25)19(18)30(11)21)12-6-5-7-16-13(12)8-9-29(16)33(4,31)32/h5-10,20,26H,1-4H3. The second-order valence-electron chi connectivity index (χ2n) is 8.61. The molecule has 4 aromatic rings.